The molecule has 5 aliphatic rings. The van der Waals surface area contributed by atoms with Gasteiger partial charge in [-0.15, -0.1) is 10.2 Å². The number of ether oxygens (including phenoxy) is 1. The fourth-order valence-corrected chi connectivity index (χ4v) is 12.9. The van der Waals surface area contributed by atoms with E-state index >= 15 is 0 Å². The van der Waals surface area contributed by atoms with Crippen LogP contribution in [0.4, 0.5) is 9.93 Å². The third-order valence-corrected chi connectivity index (χ3v) is 15.7. The largest absolute Gasteiger partial charge is 0.481 e. The van der Waals surface area contributed by atoms with E-state index in [1.54, 1.807) is 13.8 Å². The molecule has 0 aliphatic heterocycles. The Kier molecular flexibility index (Phi) is 8.96. The minimum atomic E-state index is -1.17. The number of carbonyl (C=O) groups excluding carboxylic acids is 3. The van der Waals surface area contributed by atoms with Crippen LogP contribution in [0.15, 0.2) is 11.1 Å². The average Bonchev–Trinajstić information content (AvgIpc) is 3.53. The first kappa shape index (κ1) is 37.0. The summed E-state index contributed by atoms with van der Waals surface area (Å²) in [5.74, 6) is -0.204. The lowest BCUT2D eigenvalue weighted by Gasteiger charge is -2.72. The number of aliphatic carboxylic acids is 1. The Balaban J connectivity index is 1.28. The number of allylic oxidation sites excluding steroid dienone is 1. The van der Waals surface area contributed by atoms with Gasteiger partial charge in [-0.1, -0.05) is 59.8 Å². The van der Waals surface area contributed by atoms with Crippen molar-refractivity contribution >= 4 is 40.2 Å². The predicted molar refractivity (Wildman–Crippen MR) is 192 cm³/mol. The normalized spacial score (nSPS) is 37.7. The van der Waals surface area contributed by atoms with Gasteiger partial charge in [0.1, 0.15) is 11.1 Å². The summed E-state index contributed by atoms with van der Waals surface area (Å²) in [7, 11) is 0. The second-order valence-corrected chi connectivity index (χ2v) is 19.9. The summed E-state index contributed by atoms with van der Waals surface area (Å²) < 4.78 is 6.14. The molecule has 0 spiro atoms. The van der Waals surface area contributed by atoms with E-state index < -0.39 is 22.9 Å². The number of esters is 1. The summed E-state index contributed by atoms with van der Waals surface area (Å²) in [5.41, 5.74) is -0.0237. The number of nitrogens with one attached hydrogen (secondary N) is 2. The number of hydrogen-bond donors (Lipinski definition) is 3. The molecule has 0 bridgehead atoms. The van der Waals surface area contributed by atoms with Gasteiger partial charge < -0.3 is 15.2 Å². The quantitative estimate of drug-likeness (QED) is 0.241. The maximum Gasteiger partial charge on any atom is 0.321 e. The molecule has 1 aromatic heterocycles. The third kappa shape index (κ3) is 5.54. The van der Waals surface area contributed by atoms with Crippen molar-refractivity contribution in [2.45, 2.75) is 145 Å². The molecule has 0 unspecified atom stereocenters. The van der Waals surface area contributed by atoms with Crippen molar-refractivity contribution in [2.75, 3.05) is 5.32 Å². The van der Waals surface area contributed by atoms with Crippen LogP contribution in [0.2, 0.25) is 0 Å². The Bertz CT molecular complexity index is 1630. The smallest absolute Gasteiger partial charge is 0.321 e. The van der Waals surface area contributed by atoms with Crippen LogP contribution in [-0.4, -0.2) is 50.7 Å². The van der Waals surface area contributed by atoms with E-state index in [1.165, 1.54) is 16.9 Å². The molecule has 10 nitrogen and oxygen atoms in total. The summed E-state index contributed by atoms with van der Waals surface area (Å²) in [6, 6.07) is -0.334. The van der Waals surface area contributed by atoms with Gasteiger partial charge in [0, 0.05) is 11.8 Å². The van der Waals surface area contributed by atoms with Crippen molar-refractivity contribution in [3.05, 3.63) is 16.2 Å². The van der Waals surface area contributed by atoms with Crippen molar-refractivity contribution in [1.82, 2.24) is 15.5 Å². The maximum absolute atomic E-state index is 13.9. The number of fused-ring (bicyclic) bond motifs is 7. The monoisotopic (exact) mass is 710 g/mol. The van der Waals surface area contributed by atoms with Gasteiger partial charge >= 0.3 is 18.0 Å². The molecule has 3 N–H and O–H groups in total. The van der Waals surface area contributed by atoms with E-state index in [4.69, 9.17) is 4.74 Å². The zero-order valence-corrected chi connectivity index (χ0v) is 32.6. The zero-order chi connectivity index (χ0) is 36.8. The highest BCUT2D eigenvalue weighted by molar-refractivity contribution is 7.15. The van der Waals surface area contributed by atoms with Crippen LogP contribution in [0, 0.1) is 57.7 Å². The van der Waals surface area contributed by atoms with Gasteiger partial charge in [-0.25, -0.2) is 4.79 Å². The molecular weight excluding hydrogens is 653 g/mol. The number of anilines is 1. The molecule has 11 heteroatoms. The second kappa shape index (κ2) is 12.1. The Morgan fingerprint density at radius 1 is 0.960 bits per heavy atom. The molecule has 5 aliphatic carbocycles. The highest BCUT2D eigenvalue weighted by Crippen LogP contribution is 2.76. The Morgan fingerprint density at radius 2 is 1.66 bits per heavy atom. The minimum Gasteiger partial charge on any atom is -0.481 e. The van der Waals surface area contributed by atoms with Gasteiger partial charge in [0.2, 0.25) is 5.13 Å². The maximum atomic E-state index is 13.9. The number of amides is 2. The molecular formula is C39H58N4O6S. The van der Waals surface area contributed by atoms with Crippen molar-refractivity contribution in [1.29, 1.82) is 0 Å². The SMILES string of the molecule is Cc1nnc(NC(=O)N[C@@]23CC[C@]4(C)[C@H](CC[C@@H]5[C@@]6(C)CC[C@H](OC(=O)CC(C)(C)C(=O)O)C(C)(C)[C@@H]6CC[C@]54C)C2=C(C(C)C)C(=O)C3)s1. The number of aryl methyl sites for hydroxylation is 1. The van der Waals surface area contributed by atoms with Gasteiger partial charge in [-0.3, -0.25) is 19.7 Å². The molecule has 6 rings (SSSR count). The fourth-order valence-electron chi connectivity index (χ4n) is 12.3. The van der Waals surface area contributed by atoms with Crippen LogP contribution in [-0.2, 0) is 19.1 Å². The zero-order valence-electron chi connectivity index (χ0n) is 31.7. The van der Waals surface area contributed by atoms with Crippen molar-refractivity contribution in [3.8, 4) is 0 Å². The lowest BCUT2D eigenvalue weighted by Crippen LogP contribution is -2.67. The second-order valence-electron chi connectivity index (χ2n) is 18.7. The van der Waals surface area contributed by atoms with Crippen LogP contribution in [0.5, 0.6) is 0 Å². The van der Waals surface area contributed by atoms with E-state index in [1.807, 2.05) is 6.92 Å². The number of ketones is 1. The topological polar surface area (TPSA) is 148 Å². The Labute approximate surface area is 301 Å². The lowest BCUT2D eigenvalue weighted by molar-refractivity contribution is -0.232. The predicted octanol–water partition coefficient (Wildman–Crippen LogP) is 8.11. The van der Waals surface area contributed by atoms with Crippen LogP contribution in [0.1, 0.15) is 132 Å². The molecule has 2 amide bonds. The van der Waals surface area contributed by atoms with Gasteiger partial charge in [0.05, 0.1) is 17.4 Å². The first-order valence-corrected chi connectivity index (χ1v) is 19.5. The average molecular weight is 711 g/mol. The first-order chi connectivity index (χ1) is 23.1. The van der Waals surface area contributed by atoms with Crippen LogP contribution in [0.3, 0.4) is 0 Å². The number of aromatic nitrogens is 2. The molecule has 1 aromatic rings. The number of urea groups is 1. The van der Waals surface area contributed by atoms with E-state index in [0.29, 0.717) is 23.4 Å². The van der Waals surface area contributed by atoms with Crippen LogP contribution >= 0.6 is 11.3 Å². The molecule has 0 aromatic carbocycles. The van der Waals surface area contributed by atoms with E-state index in [9.17, 15) is 24.3 Å². The first-order valence-electron chi connectivity index (χ1n) is 18.7. The molecule has 50 heavy (non-hydrogen) atoms. The van der Waals surface area contributed by atoms with Crippen molar-refractivity contribution < 1.29 is 29.0 Å². The van der Waals surface area contributed by atoms with Gasteiger partial charge in [0.15, 0.2) is 5.78 Å². The molecule has 0 saturated heterocycles. The Hall–Kier alpha value is -2.82. The van der Waals surface area contributed by atoms with E-state index in [2.05, 4.69) is 69.3 Å². The minimum absolute atomic E-state index is 0.0193. The fraction of sp³-hybridized carbons (Fsp3) is 0.795. The molecule has 4 fully saturated rings. The number of hydrogen-bond acceptors (Lipinski definition) is 8. The number of Topliss-reactive ketones (excluding diaryl/α,β-unsaturated/α-hetero) is 1. The van der Waals surface area contributed by atoms with Crippen LogP contribution < -0.4 is 10.6 Å². The highest BCUT2D eigenvalue weighted by Gasteiger charge is 2.70. The molecule has 276 valence electrons. The number of carbonyl (C=O) groups is 4. The van der Waals surface area contributed by atoms with Crippen molar-refractivity contribution in [2.24, 2.45) is 50.7 Å². The molecule has 8 atom stereocenters. The molecule has 1 heterocycles. The highest BCUT2D eigenvalue weighted by atomic mass is 32.1. The summed E-state index contributed by atoms with van der Waals surface area (Å²) in [6.45, 7) is 21.2. The summed E-state index contributed by atoms with van der Waals surface area (Å²) >= 11 is 1.33. The summed E-state index contributed by atoms with van der Waals surface area (Å²) in [5, 5.41) is 25.2. The molecule has 4 saturated carbocycles. The van der Waals surface area contributed by atoms with E-state index in [-0.39, 0.29) is 57.8 Å². The number of rotatable bonds is 7. The Morgan fingerprint density at radius 3 is 2.28 bits per heavy atom. The summed E-state index contributed by atoms with van der Waals surface area (Å²) in [6.07, 6.45) is 7.37. The van der Waals surface area contributed by atoms with E-state index in [0.717, 1.165) is 61.9 Å². The van der Waals surface area contributed by atoms with Gasteiger partial charge in [-0.2, -0.15) is 0 Å². The number of carboxylic acid groups (broad SMARTS) is 1. The molecule has 0 radical (unpaired) electrons. The number of carboxylic acids is 1. The van der Waals surface area contributed by atoms with Gasteiger partial charge in [-0.05, 0) is 123 Å². The van der Waals surface area contributed by atoms with Gasteiger partial charge in [0.25, 0.3) is 0 Å². The van der Waals surface area contributed by atoms with Crippen molar-refractivity contribution in [3.63, 3.8) is 0 Å². The lowest BCUT2D eigenvalue weighted by atomic mass is 9.33. The number of nitrogens with zero attached hydrogens (tertiary/aromatic N) is 2. The summed E-state index contributed by atoms with van der Waals surface area (Å²) in [4.78, 5) is 52.2. The van der Waals surface area contributed by atoms with Crippen LogP contribution in [0.25, 0.3) is 0 Å². The standard InChI is InChI=1S/C39H58N4O6S/c1-21(2)29-24(44)19-39(41-32(48)40-33-43-42-22(3)50-33)18-17-37(9)23(30(29)39)11-12-26-36(8)15-14-27(49-28(45)20-34(4,5)31(46)47)35(6,7)25(36)13-16-38(26,37)10/h21,23,25-27H,11-20H2,1-10H3,(H,46,47)(H2,40,41,43,48)/t23-,25+,26-,27+,36+,37-,38-,39-/m1/s1. The third-order valence-electron chi connectivity index (χ3n) is 14.9.